The molecule has 0 bridgehead atoms. The molecule has 1 saturated heterocycles. The fourth-order valence-electron chi connectivity index (χ4n) is 2.74. The Morgan fingerprint density at radius 2 is 2.09 bits per heavy atom. The number of rotatable bonds is 5. The molecule has 1 aromatic heterocycles. The van der Waals surface area contributed by atoms with E-state index in [2.05, 4.69) is 10.4 Å². The van der Waals surface area contributed by atoms with Crippen LogP contribution >= 0.6 is 0 Å². The van der Waals surface area contributed by atoms with Crippen LogP contribution in [0.3, 0.4) is 0 Å². The highest BCUT2D eigenvalue weighted by Gasteiger charge is 2.38. The van der Waals surface area contributed by atoms with Crippen molar-refractivity contribution in [2.24, 2.45) is 13.0 Å². The van der Waals surface area contributed by atoms with Crippen LogP contribution in [0.2, 0.25) is 0 Å². The summed E-state index contributed by atoms with van der Waals surface area (Å²) >= 11 is 0. The standard InChI is InChI=1S/C15H22N4O4/c1-9(2)12(17-13(20)10-7-16-18(3)8-10)14(21)19-6-4-5-11(19)15(22)23/h7-9,11-12H,4-6H2,1-3H3,(H,17,20)(H,22,23)/t11-,12?/m0/s1. The van der Waals surface area contributed by atoms with Crippen molar-refractivity contribution in [2.75, 3.05) is 6.54 Å². The van der Waals surface area contributed by atoms with E-state index in [1.54, 1.807) is 13.2 Å². The number of hydrogen-bond acceptors (Lipinski definition) is 4. The Kier molecular flexibility index (Phi) is 5.02. The van der Waals surface area contributed by atoms with E-state index in [1.807, 2.05) is 13.8 Å². The number of aryl methyl sites for hydroxylation is 1. The first-order valence-corrected chi connectivity index (χ1v) is 7.64. The monoisotopic (exact) mass is 322 g/mol. The molecule has 0 spiro atoms. The summed E-state index contributed by atoms with van der Waals surface area (Å²) < 4.78 is 1.50. The van der Waals surface area contributed by atoms with Crippen LogP contribution in [-0.4, -0.2) is 56.2 Å². The number of amides is 2. The molecule has 0 saturated carbocycles. The number of carbonyl (C=O) groups is 3. The topological polar surface area (TPSA) is 105 Å². The van der Waals surface area contributed by atoms with Crippen LogP contribution in [0.4, 0.5) is 0 Å². The molecule has 8 nitrogen and oxygen atoms in total. The summed E-state index contributed by atoms with van der Waals surface area (Å²) in [7, 11) is 1.70. The number of likely N-dealkylation sites (tertiary alicyclic amines) is 1. The van der Waals surface area contributed by atoms with Gasteiger partial charge in [-0.15, -0.1) is 0 Å². The Balaban J connectivity index is 2.13. The molecule has 0 aromatic carbocycles. The van der Waals surface area contributed by atoms with Crippen molar-refractivity contribution in [1.82, 2.24) is 20.0 Å². The van der Waals surface area contributed by atoms with Crippen LogP contribution < -0.4 is 5.32 Å². The van der Waals surface area contributed by atoms with Crippen LogP contribution in [0, 0.1) is 5.92 Å². The maximum absolute atomic E-state index is 12.7. The molecule has 2 N–H and O–H groups in total. The lowest BCUT2D eigenvalue weighted by atomic mass is 10.0. The molecular weight excluding hydrogens is 300 g/mol. The molecule has 2 atom stereocenters. The summed E-state index contributed by atoms with van der Waals surface area (Å²) in [4.78, 5) is 37.6. The van der Waals surface area contributed by atoms with Gasteiger partial charge in [0.25, 0.3) is 5.91 Å². The fourth-order valence-corrected chi connectivity index (χ4v) is 2.74. The SMILES string of the molecule is CC(C)C(NC(=O)c1cnn(C)c1)C(=O)N1CCC[C@H]1C(=O)O. The molecule has 2 amide bonds. The summed E-state index contributed by atoms with van der Waals surface area (Å²) in [6.45, 7) is 4.04. The molecule has 1 aliphatic heterocycles. The number of aromatic nitrogens is 2. The second-order valence-electron chi connectivity index (χ2n) is 6.13. The number of nitrogens with one attached hydrogen (secondary N) is 1. The van der Waals surface area contributed by atoms with Crippen LogP contribution in [0.25, 0.3) is 0 Å². The van der Waals surface area contributed by atoms with Gasteiger partial charge >= 0.3 is 5.97 Å². The Labute approximate surface area is 134 Å². The van der Waals surface area contributed by atoms with E-state index < -0.39 is 24.0 Å². The van der Waals surface area contributed by atoms with Crippen molar-refractivity contribution >= 4 is 17.8 Å². The molecule has 1 fully saturated rings. The predicted molar refractivity (Wildman–Crippen MR) is 81.7 cm³/mol. The van der Waals surface area contributed by atoms with E-state index in [1.165, 1.54) is 15.8 Å². The van der Waals surface area contributed by atoms with Crippen molar-refractivity contribution in [3.05, 3.63) is 18.0 Å². The average molecular weight is 322 g/mol. The Morgan fingerprint density at radius 3 is 2.61 bits per heavy atom. The van der Waals surface area contributed by atoms with Gasteiger partial charge in [0, 0.05) is 19.8 Å². The highest BCUT2D eigenvalue weighted by atomic mass is 16.4. The molecule has 0 aliphatic carbocycles. The van der Waals surface area contributed by atoms with Gasteiger partial charge in [-0.25, -0.2) is 4.79 Å². The van der Waals surface area contributed by atoms with Gasteiger partial charge in [0.05, 0.1) is 11.8 Å². The molecule has 1 aromatic rings. The molecule has 8 heteroatoms. The van der Waals surface area contributed by atoms with Crippen molar-refractivity contribution < 1.29 is 19.5 Å². The fraction of sp³-hybridized carbons (Fsp3) is 0.600. The minimum absolute atomic E-state index is 0.154. The third-order valence-electron chi connectivity index (χ3n) is 4.01. The number of aliphatic carboxylic acids is 1. The van der Waals surface area contributed by atoms with Gasteiger partial charge < -0.3 is 15.3 Å². The lowest BCUT2D eigenvalue weighted by molar-refractivity contribution is -0.149. The van der Waals surface area contributed by atoms with Crippen molar-refractivity contribution in [2.45, 2.75) is 38.8 Å². The van der Waals surface area contributed by atoms with E-state index >= 15 is 0 Å². The number of nitrogens with zero attached hydrogens (tertiary/aromatic N) is 3. The first kappa shape index (κ1) is 17.0. The predicted octanol–water partition coefficient (Wildman–Crippen LogP) is 0.250. The highest BCUT2D eigenvalue weighted by molar-refractivity contribution is 5.98. The number of carbonyl (C=O) groups excluding carboxylic acids is 2. The third-order valence-corrected chi connectivity index (χ3v) is 4.01. The van der Waals surface area contributed by atoms with E-state index in [-0.39, 0.29) is 11.8 Å². The Bertz CT molecular complexity index is 610. The van der Waals surface area contributed by atoms with Gasteiger partial charge in [0.1, 0.15) is 12.1 Å². The summed E-state index contributed by atoms with van der Waals surface area (Å²) in [5, 5.41) is 15.9. The quantitative estimate of drug-likeness (QED) is 0.808. The van der Waals surface area contributed by atoms with Gasteiger partial charge in [0.15, 0.2) is 0 Å². The second kappa shape index (κ2) is 6.80. The van der Waals surface area contributed by atoms with Crippen LogP contribution in [0.5, 0.6) is 0 Å². The van der Waals surface area contributed by atoms with Crippen molar-refractivity contribution in [3.63, 3.8) is 0 Å². The summed E-state index contributed by atoms with van der Waals surface area (Å²) in [6, 6.07) is -1.57. The lowest BCUT2D eigenvalue weighted by Crippen LogP contribution is -2.53. The molecule has 0 radical (unpaired) electrons. The third kappa shape index (κ3) is 3.69. The lowest BCUT2D eigenvalue weighted by Gasteiger charge is -2.29. The molecule has 2 rings (SSSR count). The van der Waals surface area contributed by atoms with Gasteiger partial charge in [0.2, 0.25) is 5.91 Å². The van der Waals surface area contributed by atoms with E-state index in [0.29, 0.717) is 24.9 Å². The zero-order chi connectivity index (χ0) is 17.1. The summed E-state index contributed by atoms with van der Waals surface area (Å²) in [5.74, 6) is -1.89. The largest absolute Gasteiger partial charge is 0.480 e. The van der Waals surface area contributed by atoms with E-state index in [9.17, 15) is 19.5 Å². The molecule has 1 unspecified atom stereocenters. The zero-order valence-electron chi connectivity index (χ0n) is 13.5. The molecule has 2 heterocycles. The van der Waals surface area contributed by atoms with Crippen LogP contribution in [0.1, 0.15) is 37.0 Å². The highest BCUT2D eigenvalue weighted by Crippen LogP contribution is 2.20. The summed E-state index contributed by atoms with van der Waals surface area (Å²) in [6.07, 6.45) is 4.09. The van der Waals surface area contributed by atoms with Crippen molar-refractivity contribution in [1.29, 1.82) is 0 Å². The molecule has 23 heavy (non-hydrogen) atoms. The van der Waals surface area contributed by atoms with Crippen LogP contribution in [0.15, 0.2) is 12.4 Å². The van der Waals surface area contributed by atoms with Gasteiger partial charge in [-0.2, -0.15) is 5.10 Å². The first-order valence-electron chi connectivity index (χ1n) is 7.64. The van der Waals surface area contributed by atoms with Crippen LogP contribution in [-0.2, 0) is 16.6 Å². The maximum Gasteiger partial charge on any atom is 0.326 e. The number of hydrogen-bond donors (Lipinski definition) is 2. The molecular formula is C15H22N4O4. The Morgan fingerprint density at radius 1 is 1.39 bits per heavy atom. The van der Waals surface area contributed by atoms with E-state index in [4.69, 9.17) is 0 Å². The second-order valence-corrected chi connectivity index (χ2v) is 6.13. The van der Waals surface area contributed by atoms with Gasteiger partial charge in [-0.1, -0.05) is 13.8 Å². The molecule has 1 aliphatic rings. The van der Waals surface area contributed by atoms with Gasteiger partial charge in [-0.05, 0) is 18.8 Å². The minimum Gasteiger partial charge on any atom is -0.480 e. The average Bonchev–Trinajstić information content (AvgIpc) is 3.11. The number of carboxylic acid groups (broad SMARTS) is 1. The zero-order valence-corrected chi connectivity index (χ0v) is 13.5. The Hall–Kier alpha value is -2.38. The van der Waals surface area contributed by atoms with Gasteiger partial charge in [-0.3, -0.25) is 14.3 Å². The minimum atomic E-state index is -1.00. The molecule has 126 valence electrons. The van der Waals surface area contributed by atoms with Crippen molar-refractivity contribution in [3.8, 4) is 0 Å². The normalized spacial score (nSPS) is 19.0. The first-order chi connectivity index (χ1) is 10.8. The maximum atomic E-state index is 12.7. The van der Waals surface area contributed by atoms with E-state index in [0.717, 1.165) is 0 Å². The summed E-state index contributed by atoms with van der Waals surface area (Å²) in [5.41, 5.74) is 0.363. The number of carboxylic acids is 1. The smallest absolute Gasteiger partial charge is 0.326 e.